The summed E-state index contributed by atoms with van der Waals surface area (Å²) >= 11 is 0. The second kappa shape index (κ2) is 9.56. The van der Waals surface area contributed by atoms with Gasteiger partial charge in [0.2, 0.25) is 5.91 Å². The molecule has 144 valence electrons. The fourth-order valence-corrected chi connectivity index (χ4v) is 3.53. The quantitative estimate of drug-likeness (QED) is 0.811. The van der Waals surface area contributed by atoms with Crippen LogP contribution in [-0.4, -0.2) is 36.5 Å². The molecule has 1 amide bonds. The normalized spacial score (nSPS) is 16.7. The van der Waals surface area contributed by atoms with Gasteiger partial charge in [0.15, 0.2) is 0 Å². The van der Waals surface area contributed by atoms with Crippen molar-refractivity contribution in [3.63, 3.8) is 0 Å². The molecule has 1 aliphatic heterocycles. The molecule has 1 heterocycles. The Hall–Kier alpha value is -2.33. The first kappa shape index (κ1) is 19.4. The van der Waals surface area contributed by atoms with Crippen LogP contribution >= 0.6 is 0 Å². The Balaban J connectivity index is 1.39. The van der Waals surface area contributed by atoms with Crippen LogP contribution in [-0.2, 0) is 11.3 Å². The number of ether oxygens (including phenoxy) is 1. The van der Waals surface area contributed by atoms with E-state index in [1.54, 1.807) is 0 Å². The fourth-order valence-electron chi connectivity index (χ4n) is 3.53. The Morgan fingerprint density at radius 2 is 1.78 bits per heavy atom. The van der Waals surface area contributed by atoms with Crippen molar-refractivity contribution in [2.75, 3.05) is 19.7 Å². The number of hydrogen-bond acceptors (Lipinski definition) is 3. The number of nitrogens with zero attached hydrogens (tertiary/aromatic N) is 1. The van der Waals surface area contributed by atoms with Gasteiger partial charge in [0.05, 0.1) is 6.04 Å². The van der Waals surface area contributed by atoms with Crippen LogP contribution in [0.2, 0.25) is 0 Å². The highest BCUT2D eigenvalue weighted by molar-refractivity contribution is 5.79. The molecule has 4 nitrogen and oxygen atoms in total. The van der Waals surface area contributed by atoms with Gasteiger partial charge in [0.1, 0.15) is 12.4 Å². The van der Waals surface area contributed by atoms with Gasteiger partial charge in [-0.1, -0.05) is 48.5 Å². The summed E-state index contributed by atoms with van der Waals surface area (Å²) in [5, 5.41) is 3.12. The summed E-state index contributed by atoms with van der Waals surface area (Å²) < 4.78 is 5.85. The van der Waals surface area contributed by atoms with Gasteiger partial charge >= 0.3 is 0 Å². The van der Waals surface area contributed by atoms with Crippen molar-refractivity contribution >= 4 is 5.91 Å². The lowest BCUT2D eigenvalue weighted by Gasteiger charge is -2.31. The van der Waals surface area contributed by atoms with Crippen LogP contribution in [0.4, 0.5) is 0 Å². The number of para-hydroxylation sites is 1. The number of aryl methyl sites for hydroxylation is 1. The molecular weight excluding hydrogens is 336 g/mol. The smallest absolute Gasteiger partial charge is 0.223 e. The largest absolute Gasteiger partial charge is 0.491 e. The highest BCUT2D eigenvalue weighted by Gasteiger charge is 2.25. The number of likely N-dealkylation sites (tertiary alicyclic amines) is 1. The lowest BCUT2D eigenvalue weighted by molar-refractivity contribution is -0.127. The van der Waals surface area contributed by atoms with Crippen molar-refractivity contribution in [1.29, 1.82) is 0 Å². The lowest BCUT2D eigenvalue weighted by Crippen LogP contribution is -2.44. The first-order chi connectivity index (χ1) is 13.1. The van der Waals surface area contributed by atoms with E-state index in [4.69, 9.17) is 4.74 Å². The molecule has 1 aliphatic rings. The van der Waals surface area contributed by atoms with Crippen molar-refractivity contribution < 1.29 is 9.53 Å². The molecule has 27 heavy (non-hydrogen) atoms. The standard InChI is InChI=1S/C23H30N2O2/c1-18-8-6-7-11-22(18)27-17-19(2)24-23(26)21-12-14-25(15-13-21)16-20-9-4-3-5-10-20/h3-11,19,21H,12-17H2,1-2H3,(H,24,26)/t19-/m1/s1. The SMILES string of the molecule is Cc1ccccc1OC[C@@H](C)NC(=O)C1CCN(Cc2ccccc2)CC1. The van der Waals surface area contributed by atoms with Gasteiger partial charge in [-0.05, 0) is 57.0 Å². The van der Waals surface area contributed by atoms with E-state index in [1.807, 2.05) is 44.2 Å². The minimum absolute atomic E-state index is 0.000505. The zero-order valence-corrected chi connectivity index (χ0v) is 16.4. The van der Waals surface area contributed by atoms with Gasteiger partial charge in [-0.25, -0.2) is 0 Å². The van der Waals surface area contributed by atoms with E-state index in [0.29, 0.717) is 6.61 Å². The molecule has 2 aromatic carbocycles. The van der Waals surface area contributed by atoms with Crippen LogP contribution in [0.5, 0.6) is 5.75 Å². The predicted octanol–water partition coefficient (Wildman–Crippen LogP) is 3.79. The molecule has 0 unspecified atom stereocenters. The molecule has 1 atom stereocenters. The zero-order valence-electron chi connectivity index (χ0n) is 16.4. The number of amides is 1. The topological polar surface area (TPSA) is 41.6 Å². The van der Waals surface area contributed by atoms with Crippen LogP contribution in [0.25, 0.3) is 0 Å². The minimum atomic E-state index is -0.000505. The Morgan fingerprint density at radius 1 is 1.11 bits per heavy atom. The van der Waals surface area contributed by atoms with Crippen molar-refractivity contribution in [3.8, 4) is 5.75 Å². The van der Waals surface area contributed by atoms with Crippen LogP contribution in [0, 0.1) is 12.8 Å². The van der Waals surface area contributed by atoms with E-state index >= 15 is 0 Å². The second-order valence-corrected chi connectivity index (χ2v) is 7.52. The number of nitrogens with one attached hydrogen (secondary N) is 1. The third-order valence-electron chi connectivity index (χ3n) is 5.18. The third kappa shape index (κ3) is 5.83. The van der Waals surface area contributed by atoms with Gasteiger partial charge in [-0.15, -0.1) is 0 Å². The van der Waals surface area contributed by atoms with Crippen molar-refractivity contribution in [1.82, 2.24) is 10.2 Å². The summed E-state index contributed by atoms with van der Waals surface area (Å²) in [4.78, 5) is 15.0. The Labute approximate surface area is 162 Å². The van der Waals surface area contributed by atoms with Crippen LogP contribution in [0.1, 0.15) is 30.9 Å². The first-order valence-corrected chi connectivity index (χ1v) is 9.87. The Bertz CT molecular complexity index is 724. The molecule has 1 N–H and O–H groups in total. The van der Waals surface area contributed by atoms with Gasteiger partial charge in [0.25, 0.3) is 0 Å². The first-order valence-electron chi connectivity index (χ1n) is 9.87. The molecule has 0 aromatic heterocycles. The Morgan fingerprint density at radius 3 is 2.48 bits per heavy atom. The molecule has 0 saturated carbocycles. The molecule has 1 saturated heterocycles. The number of hydrogen-bond donors (Lipinski definition) is 1. The van der Waals surface area contributed by atoms with E-state index in [-0.39, 0.29) is 17.9 Å². The van der Waals surface area contributed by atoms with Crippen molar-refractivity contribution in [2.45, 2.75) is 39.3 Å². The highest BCUT2D eigenvalue weighted by atomic mass is 16.5. The second-order valence-electron chi connectivity index (χ2n) is 7.52. The van der Waals surface area contributed by atoms with Crippen molar-refractivity contribution in [3.05, 3.63) is 65.7 Å². The van der Waals surface area contributed by atoms with E-state index in [0.717, 1.165) is 43.8 Å². The van der Waals surface area contributed by atoms with E-state index in [9.17, 15) is 4.79 Å². The summed E-state index contributed by atoms with van der Waals surface area (Å²) in [5.41, 5.74) is 2.45. The molecule has 2 aromatic rings. The van der Waals surface area contributed by atoms with Crippen molar-refractivity contribution in [2.24, 2.45) is 5.92 Å². The van der Waals surface area contributed by atoms with E-state index < -0.39 is 0 Å². The molecule has 4 heteroatoms. The maximum absolute atomic E-state index is 12.6. The third-order valence-corrected chi connectivity index (χ3v) is 5.18. The van der Waals surface area contributed by atoms with Gasteiger partial charge in [-0.2, -0.15) is 0 Å². The van der Waals surface area contributed by atoms with Gasteiger partial charge < -0.3 is 10.1 Å². The molecule has 1 fully saturated rings. The number of carbonyl (C=O) groups excluding carboxylic acids is 1. The number of benzene rings is 2. The molecule has 0 bridgehead atoms. The monoisotopic (exact) mass is 366 g/mol. The van der Waals surface area contributed by atoms with Crippen LogP contribution in [0.15, 0.2) is 54.6 Å². The summed E-state index contributed by atoms with van der Waals surface area (Å²) in [6.07, 6.45) is 1.84. The summed E-state index contributed by atoms with van der Waals surface area (Å²) in [6, 6.07) is 18.5. The number of rotatable bonds is 7. The van der Waals surface area contributed by atoms with Crippen LogP contribution in [0.3, 0.4) is 0 Å². The van der Waals surface area contributed by atoms with Gasteiger partial charge in [0, 0.05) is 12.5 Å². The maximum atomic E-state index is 12.6. The molecule has 3 rings (SSSR count). The number of piperidine rings is 1. The van der Waals surface area contributed by atoms with Crippen LogP contribution < -0.4 is 10.1 Å². The lowest BCUT2D eigenvalue weighted by atomic mass is 9.95. The summed E-state index contributed by atoms with van der Waals surface area (Å²) in [7, 11) is 0. The minimum Gasteiger partial charge on any atom is -0.491 e. The summed E-state index contributed by atoms with van der Waals surface area (Å²) in [6.45, 7) is 7.43. The molecular formula is C23H30N2O2. The average molecular weight is 367 g/mol. The van der Waals surface area contributed by atoms with Gasteiger partial charge in [-0.3, -0.25) is 9.69 Å². The summed E-state index contributed by atoms with van der Waals surface area (Å²) in [5.74, 6) is 1.15. The highest BCUT2D eigenvalue weighted by Crippen LogP contribution is 2.20. The molecule has 0 radical (unpaired) electrons. The fraction of sp³-hybridized carbons (Fsp3) is 0.435. The molecule has 0 spiro atoms. The number of carbonyl (C=O) groups is 1. The average Bonchev–Trinajstić information content (AvgIpc) is 2.69. The predicted molar refractivity (Wildman–Crippen MR) is 109 cm³/mol. The molecule has 0 aliphatic carbocycles. The van der Waals surface area contributed by atoms with E-state index in [1.165, 1.54) is 5.56 Å². The maximum Gasteiger partial charge on any atom is 0.223 e. The van der Waals surface area contributed by atoms with E-state index in [2.05, 4.69) is 34.5 Å². The zero-order chi connectivity index (χ0) is 19.1. The Kier molecular flexibility index (Phi) is 6.88.